The first-order valence-corrected chi connectivity index (χ1v) is 11.6. The van der Waals surface area contributed by atoms with Crippen molar-refractivity contribution in [3.8, 4) is 0 Å². The number of hydrogen-bond donors (Lipinski definition) is 1. The van der Waals surface area contributed by atoms with Gasteiger partial charge in [0, 0.05) is 18.8 Å². The quantitative estimate of drug-likeness (QED) is 0.676. The average Bonchev–Trinajstić information content (AvgIpc) is 3.22. The van der Waals surface area contributed by atoms with E-state index in [9.17, 15) is 13.2 Å². The van der Waals surface area contributed by atoms with E-state index in [1.54, 1.807) is 25.2 Å². The third-order valence-corrected chi connectivity index (χ3v) is 8.13. The topological polar surface area (TPSA) is 105 Å². The van der Waals surface area contributed by atoms with Crippen LogP contribution in [-0.4, -0.2) is 41.9 Å². The summed E-state index contributed by atoms with van der Waals surface area (Å²) >= 11 is 1.57. The minimum absolute atomic E-state index is 0.101. The van der Waals surface area contributed by atoms with Crippen molar-refractivity contribution in [3.63, 3.8) is 0 Å². The van der Waals surface area contributed by atoms with E-state index in [1.807, 2.05) is 25.1 Å². The van der Waals surface area contributed by atoms with Crippen LogP contribution < -0.4 is 5.32 Å². The Morgan fingerprint density at radius 3 is 2.83 bits per heavy atom. The first-order valence-electron chi connectivity index (χ1n) is 9.37. The molecule has 0 saturated carbocycles. The lowest BCUT2D eigenvalue weighted by atomic mass is 9.98. The average molecular weight is 435 g/mol. The van der Waals surface area contributed by atoms with Gasteiger partial charge in [-0.1, -0.05) is 5.16 Å². The maximum atomic E-state index is 13.1. The van der Waals surface area contributed by atoms with E-state index in [-0.39, 0.29) is 23.1 Å². The van der Waals surface area contributed by atoms with Crippen molar-refractivity contribution in [2.75, 3.05) is 18.4 Å². The van der Waals surface area contributed by atoms with Crippen LogP contribution in [0.15, 0.2) is 27.6 Å². The second-order valence-electron chi connectivity index (χ2n) is 7.26. The van der Waals surface area contributed by atoms with Gasteiger partial charge in [-0.05, 0) is 51.8 Å². The smallest absolute Gasteiger partial charge is 0.248 e. The molecule has 3 heterocycles. The molecule has 1 atom stereocenters. The van der Waals surface area contributed by atoms with Crippen molar-refractivity contribution < 1.29 is 17.7 Å². The van der Waals surface area contributed by atoms with Gasteiger partial charge >= 0.3 is 0 Å². The first-order chi connectivity index (χ1) is 13.8. The molecular formula is C19H22N4O4S2. The zero-order valence-corrected chi connectivity index (χ0v) is 18.1. The maximum absolute atomic E-state index is 13.1. The molecule has 1 aromatic carbocycles. The molecule has 1 aliphatic rings. The van der Waals surface area contributed by atoms with Crippen LogP contribution in [0.3, 0.4) is 0 Å². The third kappa shape index (κ3) is 3.79. The molecule has 1 fully saturated rings. The monoisotopic (exact) mass is 434 g/mol. The zero-order chi connectivity index (χ0) is 20.8. The van der Waals surface area contributed by atoms with Gasteiger partial charge in [-0.2, -0.15) is 4.31 Å². The van der Waals surface area contributed by atoms with Gasteiger partial charge in [0.1, 0.15) is 10.6 Å². The molecule has 0 bridgehead atoms. The number of nitrogens with zero attached hydrogens (tertiary/aromatic N) is 3. The van der Waals surface area contributed by atoms with Crippen molar-refractivity contribution in [2.45, 2.75) is 38.5 Å². The van der Waals surface area contributed by atoms with Gasteiger partial charge < -0.3 is 9.84 Å². The number of thiazole rings is 1. The first kappa shape index (κ1) is 20.0. The Morgan fingerprint density at radius 1 is 1.31 bits per heavy atom. The Bertz CT molecular complexity index is 1160. The summed E-state index contributed by atoms with van der Waals surface area (Å²) in [6.07, 6.45) is 1.26. The number of anilines is 1. The van der Waals surface area contributed by atoms with E-state index < -0.39 is 15.9 Å². The zero-order valence-electron chi connectivity index (χ0n) is 16.4. The lowest BCUT2D eigenvalue weighted by molar-refractivity contribution is -0.120. The Labute approximate surface area is 173 Å². The number of carbonyl (C=O) groups is 1. The van der Waals surface area contributed by atoms with E-state index in [2.05, 4.69) is 15.5 Å². The SMILES string of the molecule is Cc1nc2ccc(NC(=O)[C@H]3CCCN(S(=O)(=O)c4c(C)noc4C)C3)cc2s1. The van der Waals surface area contributed by atoms with Gasteiger partial charge in [0.15, 0.2) is 5.76 Å². The van der Waals surface area contributed by atoms with Crippen molar-refractivity contribution >= 4 is 43.2 Å². The van der Waals surface area contributed by atoms with Crippen molar-refractivity contribution in [2.24, 2.45) is 5.92 Å². The summed E-state index contributed by atoms with van der Waals surface area (Å²) < 4.78 is 33.5. The van der Waals surface area contributed by atoms with Gasteiger partial charge in [-0.3, -0.25) is 4.79 Å². The van der Waals surface area contributed by atoms with Gasteiger partial charge in [-0.25, -0.2) is 13.4 Å². The molecule has 8 nitrogen and oxygen atoms in total. The molecule has 2 aromatic heterocycles. The van der Waals surface area contributed by atoms with Crippen molar-refractivity contribution in [1.29, 1.82) is 0 Å². The van der Waals surface area contributed by atoms with Gasteiger partial charge in [0.25, 0.3) is 0 Å². The molecule has 0 unspecified atom stereocenters. The number of hydrogen-bond acceptors (Lipinski definition) is 7. The fourth-order valence-corrected chi connectivity index (χ4v) is 6.39. The normalized spacial score (nSPS) is 18.2. The maximum Gasteiger partial charge on any atom is 0.248 e. The van der Waals surface area contributed by atoms with Crippen LogP contribution >= 0.6 is 11.3 Å². The highest BCUT2D eigenvalue weighted by atomic mass is 32.2. The second-order valence-corrected chi connectivity index (χ2v) is 10.4. The molecule has 1 N–H and O–H groups in total. The number of nitrogens with one attached hydrogen (secondary N) is 1. The Morgan fingerprint density at radius 2 is 2.10 bits per heavy atom. The molecule has 1 saturated heterocycles. The van der Waals surface area contributed by atoms with E-state index in [4.69, 9.17) is 4.52 Å². The van der Waals surface area contributed by atoms with Crippen LogP contribution in [0, 0.1) is 26.7 Å². The number of rotatable bonds is 4. The van der Waals surface area contributed by atoms with Crippen LogP contribution in [0.25, 0.3) is 10.2 Å². The van der Waals surface area contributed by atoms with E-state index in [0.29, 0.717) is 30.8 Å². The molecule has 0 aliphatic carbocycles. The number of benzene rings is 1. The number of aromatic nitrogens is 2. The molecular weight excluding hydrogens is 412 g/mol. The summed E-state index contributed by atoms with van der Waals surface area (Å²) in [6, 6.07) is 5.60. The lowest BCUT2D eigenvalue weighted by Crippen LogP contribution is -2.43. The largest absolute Gasteiger partial charge is 0.360 e. The van der Waals surface area contributed by atoms with Gasteiger partial charge in [-0.15, -0.1) is 11.3 Å². The van der Waals surface area contributed by atoms with Crippen LogP contribution in [-0.2, 0) is 14.8 Å². The molecule has 10 heteroatoms. The van der Waals surface area contributed by atoms with Crippen molar-refractivity contribution in [1.82, 2.24) is 14.4 Å². The Kier molecular flexibility index (Phi) is 5.18. The van der Waals surface area contributed by atoms with Gasteiger partial charge in [0.2, 0.25) is 15.9 Å². The number of carbonyl (C=O) groups excluding carboxylic acids is 1. The minimum Gasteiger partial charge on any atom is -0.360 e. The predicted molar refractivity (Wildman–Crippen MR) is 110 cm³/mol. The molecule has 4 rings (SSSR count). The minimum atomic E-state index is -3.75. The third-order valence-electron chi connectivity index (χ3n) is 5.08. The molecule has 0 radical (unpaired) electrons. The fraction of sp³-hybridized carbons (Fsp3) is 0.421. The predicted octanol–water partition coefficient (Wildman–Crippen LogP) is 3.25. The highest BCUT2D eigenvalue weighted by molar-refractivity contribution is 7.89. The molecule has 1 aliphatic heterocycles. The highest BCUT2D eigenvalue weighted by Crippen LogP contribution is 2.29. The molecule has 1 amide bonds. The summed E-state index contributed by atoms with van der Waals surface area (Å²) in [5.41, 5.74) is 1.93. The Balaban J connectivity index is 1.50. The van der Waals surface area contributed by atoms with Crippen molar-refractivity contribution in [3.05, 3.63) is 34.7 Å². The lowest BCUT2D eigenvalue weighted by Gasteiger charge is -2.31. The summed E-state index contributed by atoms with van der Waals surface area (Å²) in [5.74, 6) is -0.329. The Hall–Kier alpha value is -2.30. The molecule has 154 valence electrons. The number of sulfonamides is 1. The molecule has 29 heavy (non-hydrogen) atoms. The summed E-state index contributed by atoms with van der Waals surface area (Å²) in [5, 5.41) is 7.65. The standard InChI is InChI=1S/C19H22N4O4S2/c1-11-18(12(2)27-22-11)29(25,26)23-8-4-5-14(10-23)19(24)21-15-6-7-16-17(9-15)28-13(3)20-16/h6-7,9,14H,4-5,8,10H2,1-3H3,(H,21,24)/t14-/m0/s1. The number of piperidine rings is 1. The van der Waals surface area contributed by atoms with E-state index in [0.717, 1.165) is 15.2 Å². The van der Waals surface area contributed by atoms with Gasteiger partial charge in [0.05, 0.1) is 21.1 Å². The number of aryl methyl sites for hydroxylation is 3. The molecule has 3 aromatic rings. The highest BCUT2D eigenvalue weighted by Gasteiger charge is 2.36. The second kappa shape index (κ2) is 7.51. The summed E-state index contributed by atoms with van der Waals surface area (Å²) in [6.45, 7) is 5.65. The molecule has 0 spiro atoms. The van der Waals surface area contributed by atoms with Crippen LogP contribution in [0.4, 0.5) is 5.69 Å². The van der Waals surface area contributed by atoms with E-state index in [1.165, 1.54) is 4.31 Å². The summed E-state index contributed by atoms with van der Waals surface area (Å²) in [7, 11) is -3.75. The van der Waals surface area contributed by atoms with Crippen LogP contribution in [0.2, 0.25) is 0 Å². The fourth-order valence-electron chi connectivity index (χ4n) is 3.71. The summed E-state index contributed by atoms with van der Waals surface area (Å²) in [4.78, 5) is 17.3. The number of fused-ring (bicyclic) bond motifs is 1. The van der Waals surface area contributed by atoms with E-state index >= 15 is 0 Å². The van der Waals surface area contributed by atoms with Crippen LogP contribution in [0.5, 0.6) is 0 Å². The van der Waals surface area contributed by atoms with Crippen LogP contribution in [0.1, 0.15) is 29.3 Å². The number of amides is 1.